The van der Waals surface area contributed by atoms with E-state index in [2.05, 4.69) is 20.5 Å². The Balaban J connectivity index is 1.26. The van der Waals surface area contributed by atoms with Crippen LogP contribution in [-0.2, 0) is 9.59 Å². The Labute approximate surface area is 218 Å². The molecule has 37 heavy (non-hydrogen) atoms. The van der Waals surface area contributed by atoms with E-state index in [-0.39, 0.29) is 29.8 Å². The number of nitrogens with one attached hydrogen (secondary N) is 2. The average Bonchev–Trinajstić information content (AvgIpc) is 3.38. The summed E-state index contributed by atoms with van der Waals surface area (Å²) in [7, 11) is 0. The van der Waals surface area contributed by atoms with Gasteiger partial charge < -0.3 is 25.1 Å². The number of carboxylic acids is 1. The van der Waals surface area contributed by atoms with E-state index in [1.807, 2.05) is 19.1 Å². The molecule has 0 unspecified atom stereocenters. The average molecular weight is 511 g/mol. The molecule has 2 amide bonds. The number of carbonyl (C=O) groups is 3. The molecule has 1 aliphatic carbocycles. The molecule has 1 saturated carbocycles. The first-order chi connectivity index (χ1) is 17.8. The Morgan fingerprint density at radius 3 is 2.57 bits per heavy atom. The molecule has 200 valence electrons. The quantitative estimate of drug-likeness (QED) is 0.444. The van der Waals surface area contributed by atoms with Crippen LogP contribution in [0.25, 0.3) is 11.3 Å². The second-order valence-electron chi connectivity index (χ2n) is 10.6. The number of furan rings is 1. The highest BCUT2D eigenvalue weighted by atomic mass is 16.4. The zero-order valence-electron chi connectivity index (χ0n) is 21.6. The number of nitrogens with zero attached hydrogens (tertiary/aromatic N) is 2. The van der Waals surface area contributed by atoms with Crippen molar-refractivity contribution in [2.75, 3.05) is 26.2 Å². The Kier molecular flexibility index (Phi) is 8.97. The SMILES string of the molecule is Cc1ccc(-c2ccoc2C(=O)NC2CCN(CCC3(CC(=O)NCC(=O)O)CCCCC3)CC2)nc1. The minimum atomic E-state index is -1.02. The van der Waals surface area contributed by atoms with Gasteiger partial charge in [0.1, 0.15) is 6.54 Å². The lowest BCUT2D eigenvalue weighted by molar-refractivity contribution is -0.138. The van der Waals surface area contributed by atoms with Crippen molar-refractivity contribution < 1.29 is 23.9 Å². The number of carboxylic acid groups (broad SMARTS) is 1. The van der Waals surface area contributed by atoms with Gasteiger partial charge in [0.05, 0.1) is 17.5 Å². The summed E-state index contributed by atoms with van der Waals surface area (Å²) < 4.78 is 5.52. The second-order valence-corrected chi connectivity index (χ2v) is 10.6. The molecule has 1 saturated heterocycles. The summed E-state index contributed by atoms with van der Waals surface area (Å²) in [6.07, 6.45) is 11.8. The van der Waals surface area contributed by atoms with E-state index >= 15 is 0 Å². The van der Waals surface area contributed by atoms with Gasteiger partial charge in [0.15, 0.2) is 0 Å². The minimum absolute atomic E-state index is 0.0500. The smallest absolute Gasteiger partial charge is 0.322 e. The fourth-order valence-corrected chi connectivity index (χ4v) is 5.66. The third kappa shape index (κ3) is 7.41. The van der Waals surface area contributed by atoms with Crippen LogP contribution in [0.4, 0.5) is 0 Å². The van der Waals surface area contributed by atoms with Crippen molar-refractivity contribution in [1.82, 2.24) is 20.5 Å². The number of aryl methyl sites for hydroxylation is 1. The van der Waals surface area contributed by atoms with Gasteiger partial charge in [0.2, 0.25) is 11.7 Å². The van der Waals surface area contributed by atoms with Crippen molar-refractivity contribution in [1.29, 1.82) is 0 Å². The molecule has 2 aromatic rings. The molecule has 9 heteroatoms. The fraction of sp³-hybridized carbons (Fsp3) is 0.571. The molecule has 1 aliphatic heterocycles. The zero-order chi connectivity index (χ0) is 26.3. The molecular formula is C28H38N4O5. The number of hydrogen-bond acceptors (Lipinski definition) is 6. The molecule has 2 aliphatic rings. The number of aliphatic carboxylic acids is 1. The summed E-state index contributed by atoms with van der Waals surface area (Å²) in [6, 6.07) is 5.72. The van der Waals surface area contributed by atoms with Crippen LogP contribution in [0.15, 0.2) is 35.1 Å². The lowest BCUT2D eigenvalue weighted by Crippen LogP contribution is -2.46. The van der Waals surface area contributed by atoms with Crippen LogP contribution in [-0.4, -0.2) is 65.0 Å². The highest BCUT2D eigenvalue weighted by Crippen LogP contribution is 2.42. The van der Waals surface area contributed by atoms with E-state index in [1.54, 1.807) is 12.3 Å². The Morgan fingerprint density at radius 2 is 1.89 bits per heavy atom. The van der Waals surface area contributed by atoms with Crippen molar-refractivity contribution >= 4 is 17.8 Å². The van der Waals surface area contributed by atoms with Crippen molar-refractivity contribution in [3.05, 3.63) is 42.0 Å². The predicted octanol–water partition coefficient (Wildman–Crippen LogP) is 3.78. The molecule has 3 heterocycles. The predicted molar refractivity (Wildman–Crippen MR) is 139 cm³/mol. The maximum absolute atomic E-state index is 13.0. The zero-order valence-corrected chi connectivity index (χ0v) is 21.6. The Hall–Kier alpha value is -3.20. The maximum atomic E-state index is 13.0. The summed E-state index contributed by atoms with van der Waals surface area (Å²) in [5, 5.41) is 14.5. The summed E-state index contributed by atoms with van der Waals surface area (Å²) >= 11 is 0. The first-order valence-electron chi connectivity index (χ1n) is 13.4. The molecule has 2 aromatic heterocycles. The summed E-state index contributed by atoms with van der Waals surface area (Å²) in [6.45, 7) is 4.33. The number of piperidine rings is 1. The number of carbonyl (C=O) groups excluding carboxylic acids is 2. The van der Waals surface area contributed by atoms with E-state index in [1.165, 1.54) is 12.7 Å². The molecule has 9 nitrogen and oxygen atoms in total. The van der Waals surface area contributed by atoms with Gasteiger partial charge >= 0.3 is 5.97 Å². The van der Waals surface area contributed by atoms with Gasteiger partial charge in [-0.2, -0.15) is 0 Å². The van der Waals surface area contributed by atoms with Crippen LogP contribution in [0, 0.1) is 12.3 Å². The lowest BCUT2D eigenvalue weighted by Gasteiger charge is -2.40. The van der Waals surface area contributed by atoms with Crippen LogP contribution in [0.1, 0.15) is 73.9 Å². The maximum Gasteiger partial charge on any atom is 0.322 e. The third-order valence-electron chi connectivity index (χ3n) is 7.83. The summed E-state index contributed by atoms with van der Waals surface area (Å²) in [5.74, 6) is -1.10. The van der Waals surface area contributed by atoms with Gasteiger partial charge in [0, 0.05) is 31.7 Å². The molecular weight excluding hydrogens is 472 g/mol. The van der Waals surface area contributed by atoms with Gasteiger partial charge in [-0.1, -0.05) is 25.3 Å². The largest absolute Gasteiger partial charge is 0.480 e. The standard InChI is InChI=1S/C28H38N4O5/c1-20-5-6-23(29-18-20)22-9-16-37-26(22)27(36)31-21-7-13-32(14-8-21)15-12-28(10-3-2-4-11-28)17-24(33)30-19-25(34)35/h5-6,9,16,18,21H,2-4,7-8,10-15,17,19H2,1H3,(H,30,33)(H,31,36)(H,34,35). The number of rotatable bonds is 10. The molecule has 0 aromatic carbocycles. The molecule has 4 rings (SSSR count). The lowest BCUT2D eigenvalue weighted by atomic mass is 9.69. The van der Waals surface area contributed by atoms with Gasteiger partial charge in [-0.3, -0.25) is 19.4 Å². The molecule has 3 N–H and O–H groups in total. The topological polar surface area (TPSA) is 125 Å². The number of aromatic nitrogens is 1. The molecule has 0 bridgehead atoms. The second kappa shape index (κ2) is 12.4. The third-order valence-corrected chi connectivity index (χ3v) is 7.83. The molecule has 0 radical (unpaired) electrons. The Morgan fingerprint density at radius 1 is 1.14 bits per heavy atom. The van der Waals surface area contributed by atoms with Gasteiger partial charge in [0.25, 0.3) is 5.91 Å². The van der Waals surface area contributed by atoms with Crippen LogP contribution < -0.4 is 10.6 Å². The molecule has 0 spiro atoms. The van der Waals surface area contributed by atoms with E-state index in [0.29, 0.717) is 23.4 Å². The van der Waals surface area contributed by atoms with Crippen molar-refractivity contribution in [2.24, 2.45) is 5.41 Å². The van der Waals surface area contributed by atoms with Gasteiger partial charge in [-0.25, -0.2) is 0 Å². The first-order valence-corrected chi connectivity index (χ1v) is 13.4. The number of amides is 2. The number of pyridine rings is 1. The van der Waals surface area contributed by atoms with Crippen molar-refractivity contribution in [3.63, 3.8) is 0 Å². The normalized spacial score (nSPS) is 18.3. The summed E-state index contributed by atoms with van der Waals surface area (Å²) in [4.78, 5) is 43.0. The number of hydrogen-bond donors (Lipinski definition) is 3. The van der Waals surface area contributed by atoms with E-state index < -0.39 is 5.97 Å². The first kappa shape index (κ1) is 26.9. The summed E-state index contributed by atoms with van der Waals surface area (Å²) in [5.41, 5.74) is 2.42. The number of likely N-dealkylation sites (tertiary alicyclic amines) is 1. The van der Waals surface area contributed by atoms with Gasteiger partial charge in [-0.05, 0) is 68.7 Å². The minimum Gasteiger partial charge on any atom is -0.480 e. The monoisotopic (exact) mass is 510 g/mol. The van der Waals surface area contributed by atoms with Gasteiger partial charge in [-0.15, -0.1) is 0 Å². The molecule has 0 atom stereocenters. The highest BCUT2D eigenvalue weighted by molar-refractivity contribution is 5.97. The highest BCUT2D eigenvalue weighted by Gasteiger charge is 2.35. The van der Waals surface area contributed by atoms with Crippen LogP contribution >= 0.6 is 0 Å². The van der Waals surface area contributed by atoms with Crippen molar-refractivity contribution in [3.8, 4) is 11.3 Å². The fourth-order valence-electron chi connectivity index (χ4n) is 5.66. The van der Waals surface area contributed by atoms with E-state index in [4.69, 9.17) is 9.52 Å². The Bertz CT molecular complexity index is 1070. The van der Waals surface area contributed by atoms with Crippen LogP contribution in [0.2, 0.25) is 0 Å². The van der Waals surface area contributed by atoms with Crippen LogP contribution in [0.5, 0.6) is 0 Å². The van der Waals surface area contributed by atoms with E-state index in [9.17, 15) is 14.4 Å². The van der Waals surface area contributed by atoms with Crippen molar-refractivity contribution in [2.45, 2.75) is 70.8 Å². The van der Waals surface area contributed by atoms with Crippen LogP contribution in [0.3, 0.4) is 0 Å². The molecule has 2 fully saturated rings. The van der Waals surface area contributed by atoms with E-state index in [0.717, 1.165) is 70.1 Å².